The Morgan fingerprint density at radius 3 is 2.62 bits per heavy atom. The first-order valence-corrected chi connectivity index (χ1v) is 14.9. The minimum atomic E-state index is -0.214. The van der Waals surface area contributed by atoms with Crippen molar-refractivity contribution in [1.29, 1.82) is 0 Å². The number of ether oxygens (including phenoxy) is 3. The number of hydrogen-bond acceptors (Lipinski definition) is 8. The molecule has 0 aliphatic carbocycles. The van der Waals surface area contributed by atoms with Gasteiger partial charge in [0.15, 0.2) is 5.82 Å². The zero-order valence-electron chi connectivity index (χ0n) is 25.7. The zero-order chi connectivity index (χ0) is 30.1. The highest BCUT2D eigenvalue weighted by Crippen LogP contribution is 2.32. The van der Waals surface area contributed by atoms with Gasteiger partial charge in [0.1, 0.15) is 12.4 Å². The molecule has 1 aromatic carbocycles. The van der Waals surface area contributed by atoms with Crippen molar-refractivity contribution in [1.82, 2.24) is 20.2 Å². The number of aromatic nitrogens is 2. The molecule has 4 rings (SSSR count). The second-order valence-electron chi connectivity index (χ2n) is 12.1. The van der Waals surface area contributed by atoms with Crippen LogP contribution in [-0.2, 0) is 32.0 Å². The summed E-state index contributed by atoms with van der Waals surface area (Å²) in [4.78, 5) is 39.3. The molecule has 0 spiro atoms. The van der Waals surface area contributed by atoms with Gasteiger partial charge >= 0.3 is 6.03 Å². The van der Waals surface area contributed by atoms with Crippen molar-refractivity contribution in [3.63, 3.8) is 0 Å². The van der Waals surface area contributed by atoms with Crippen LogP contribution in [0.3, 0.4) is 0 Å². The molecule has 1 aromatic heterocycles. The molecule has 1 atom stereocenters. The van der Waals surface area contributed by atoms with E-state index in [9.17, 15) is 9.59 Å². The third kappa shape index (κ3) is 8.86. The molecule has 42 heavy (non-hydrogen) atoms. The maximum absolute atomic E-state index is 12.9. The van der Waals surface area contributed by atoms with Crippen LogP contribution in [0.4, 0.5) is 16.3 Å². The lowest BCUT2D eigenvalue weighted by atomic mass is 9.91. The van der Waals surface area contributed by atoms with E-state index >= 15 is 0 Å². The number of morpholine rings is 1. The second-order valence-corrected chi connectivity index (χ2v) is 12.1. The number of nitrogens with one attached hydrogen (secondary N) is 2. The van der Waals surface area contributed by atoms with Crippen molar-refractivity contribution in [2.45, 2.75) is 59.5 Å². The predicted molar refractivity (Wildman–Crippen MR) is 163 cm³/mol. The van der Waals surface area contributed by atoms with Gasteiger partial charge in [-0.2, -0.15) is 0 Å². The summed E-state index contributed by atoms with van der Waals surface area (Å²) in [5.41, 5.74) is 3.75. The Balaban J connectivity index is 1.48. The number of hydrogen-bond donors (Lipinski definition) is 2. The van der Waals surface area contributed by atoms with E-state index in [2.05, 4.69) is 43.2 Å². The number of nitrogens with zero attached hydrogens (tertiary/aromatic N) is 4. The standard InChI is InChI=1S/C31H46N6O5/c1-22-20-41-16-15-37(22)29-25-19-36(27(38)21-42-18-17-40-5)14-11-26(25)34-28(35-29)23-7-9-24(10-8-23)33-30(39)32-13-6-12-31(2,3)4/h7-10,22H,6,11-21H2,1-5H3,(H2,32,33,39). The lowest BCUT2D eigenvalue weighted by Crippen LogP contribution is -2.46. The quantitative estimate of drug-likeness (QED) is 0.384. The third-order valence-corrected chi connectivity index (χ3v) is 7.48. The molecule has 11 nitrogen and oxygen atoms in total. The van der Waals surface area contributed by atoms with Crippen molar-refractivity contribution in [2.24, 2.45) is 5.41 Å². The second kappa shape index (κ2) is 14.8. The van der Waals surface area contributed by atoms with Crippen molar-refractivity contribution in [3.05, 3.63) is 35.5 Å². The first-order valence-electron chi connectivity index (χ1n) is 14.9. The van der Waals surface area contributed by atoms with Crippen molar-refractivity contribution in [3.8, 4) is 11.4 Å². The molecule has 1 saturated heterocycles. The first kappa shape index (κ1) is 31.7. The van der Waals surface area contributed by atoms with Crippen molar-refractivity contribution >= 4 is 23.4 Å². The van der Waals surface area contributed by atoms with E-state index in [-0.39, 0.29) is 30.0 Å². The SMILES string of the molecule is COCCOCC(=O)N1CCc2nc(-c3ccc(NC(=O)NCCCC(C)(C)C)cc3)nc(N3CCOCC3C)c2C1. The van der Waals surface area contributed by atoms with Gasteiger partial charge in [0.2, 0.25) is 5.91 Å². The van der Waals surface area contributed by atoms with Gasteiger partial charge in [-0.1, -0.05) is 20.8 Å². The molecule has 2 aliphatic rings. The highest BCUT2D eigenvalue weighted by molar-refractivity contribution is 5.89. The Hall–Kier alpha value is -3.28. The van der Waals surface area contributed by atoms with Gasteiger partial charge in [0, 0.05) is 50.0 Å². The topological polar surface area (TPSA) is 118 Å². The average molecular weight is 583 g/mol. The molecule has 2 aliphatic heterocycles. The van der Waals surface area contributed by atoms with E-state index in [0.717, 1.165) is 35.5 Å². The Labute approximate surface area is 249 Å². The smallest absolute Gasteiger partial charge is 0.319 e. The molecule has 3 heterocycles. The number of benzene rings is 1. The highest BCUT2D eigenvalue weighted by Gasteiger charge is 2.30. The molecule has 0 bridgehead atoms. The van der Waals surface area contributed by atoms with Crippen LogP contribution in [0.1, 0.15) is 51.8 Å². The summed E-state index contributed by atoms with van der Waals surface area (Å²) in [5, 5.41) is 5.83. The first-order chi connectivity index (χ1) is 20.1. The predicted octanol–water partition coefficient (Wildman–Crippen LogP) is 3.86. The van der Waals surface area contributed by atoms with E-state index < -0.39 is 0 Å². The molecule has 0 saturated carbocycles. The number of fused-ring (bicyclic) bond motifs is 1. The monoisotopic (exact) mass is 582 g/mol. The Bertz CT molecular complexity index is 1200. The molecule has 2 aromatic rings. The van der Waals surface area contributed by atoms with Gasteiger partial charge in [-0.15, -0.1) is 0 Å². The Morgan fingerprint density at radius 2 is 1.90 bits per heavy atom. The van der Waals surface area contributed by atoms with E-state index in [4.69, 9.17) is 24.2 Å². The third-order valence-electron chi connectivity index (χ3n) is 7.48. The fourth-order valence-corrected chi connectivity index (χ4v) is 5.11. The summed E-state index contributed by atoms with van der Waals surface area (Å²) in [6.07, 6.45) is 2.62. The Morgan fingerprint density at radius 1 is 1.12 bits per heavy atom. The van der Waals surface area contributed by atoms with Crippen LogP contribution in [0.5, 0.6) is 0 Å². The minimum absolute atomic E-state index is 0.0241. The molecular weight excluding hydrogens is 536 g/mol. The summed E-state index contributed by atoms with van der Waals surface area (Å²) in [6.45, 7) is 13.2. The van der Waals surface area contributed by atoms with Crippen LogP contribution >= 0.6 is 0 Å². The normalized spacial score (nSPS) is 17.1. The van der Waals surface area contributed by atoms with E-state index in [1.165, 1.54) is 0 Å². The van der Waals surface area contributed by atoms with Gasteiger partial charge < -0.3 is 34.6 Å². The van der Waals surface area contributed by atoms with Gasteiger partial charge in [0.25, 0.3) is 0 Å². The fourth-order valence-electron chi connectivity index (χ4n) is 5.11. The molecule has 1 fully saturated rings. The van der Waals surface area contributed by atoms with E-state index in [0.29, 0.717) is 70.5 Å². The number of carbonyl (C=O) groups excluding carboxylic acids is 2. The number of rotatable bonds is 11. The lowest BCUT2D eigenvalue weighted by Gasteiger charge is -2.38. The molecule has 0 radical (unpaired) electrons. The van der Waals surface area contributed by atoms with Gasteiger partial charge in [-0.25, -0.2) is 14.8 Å². The highest BCUT2D eigenvalue weighted by atomic mass is 16.5. The summed E-state index contributed by atoms with van der Waals surface area (Å²) in [6, 6.07) is 7.52. The van der Waals surface area contributed by atoms with E-state index in [1.54, 1.807) is 7.11 Å². The zero-order valence-corrected chi connectivity index (χ0v) is 25.7. The summed E-state index contributed by atoms with van der Waals surface area (Å²) < 4.78 is 16.2. The van der Waals surface area contributed by atoms with Crippen molar-refractivity contribution in [2.75, 3.05) is 70.0 Å². The lowest BCUT2D eigenvalue weighted by molar-refractivity contribution is -0.137. The van der Waals surface area contributed by atoms with Crippen LogP contribution < -0.4 is 15.5 Å². The number of urea groups is 1. The molecular formula is C31H46N6O5. The van der Waals surface area contributed by atoms with E-state index in [1.807, 2.05) is 29.2 Å². The van der Waals surface area contributed by atoms with Gasteiger partial charge in [0.05, 0.1) is 44.7 Å². The fraction of sp³-hybridized carbons (Fsp3) is 0.613. The number of carbonyl (C=O) groups is 2. The van der Waals surface area contributed by atoms with Crippen LogP contribution in [0.15, 0.2) is 24.3 Å². The maximum atomic E-state index is 12.9. The minimum Gasteiger partial charge on any atom is -0.382 e. The number of anilines is 2. The molecule has 2 N–H and O–H groups in total. The van der Waals surface area contributed by atoms with Crippen LogP contribution in [0, 0.1) is 5.41 Å². The van der Waals surface area contributed by atoms with Crippen molar-refractivity contribution < 1.29 is 23.8 Å². The molecule has 11 heteroatoms. The maximum Gasteiger partial charge on any atom is 0.319 e. The number of methoxy groups -OCH3 is 1. The Kier molecular flexibility index (Phi) is 11.1. The number of amides is 3. The summed E-state index contributed by atoms with van der Waals surface area (Å²) >= 11 is 0. The van der Waals surface area contributed by atoms with Crippen LogP contribution in [-0.4, -0.2) is 92.6 Å². The molecule has 230 valence electrons. The van der Waals surface area contributed by atoms with Gasteiger partial charge in [-0.3, -0.25) is 4.79 Å². The summed E-state index contributed by atoms with van der Waals surface area (Å²) in [7, 11) is 1.61. The average Bonchev–Trinajstić information content (AvgIpc) is 2.97. The van der Waals surface area contributed by atoms with Crippen LogP contribution in [0.2, 0.25) is 0 Å². The molecule has 3 amide bonds. The summed E-state index contributed by atoms with van der Waals surface area (Å²) in [5.74, 6) is 1.42. The largest absolute Gasteiger partial charge is 0.382 e. The molecule has 1 unspecified atom stereocenters. The van der Waals surface area contributed by atoms with Crippen LogP contribution in [0.25, 0.3) is 11.4 Å². The van der Waals surface area contributed by atoms with Gasteiger partial charge in [-0.05, 0) is 49.4 Å².